The molecule has 2 N–H and O–H groups in total. The summed E-state index contributed by atoms with van der Waals surface area (Å²) in [5.41, 5.74) is 4.45. The molecule has 3 aromatic rings. The summed E-state index contributed by atoms with van der Waals surface area (Å²) in [5, 5.41) is 13.0. The van der Waals surface area contributed by atoms with Gasteiger partial charge in [0.2, 0.25) is 0 Å². The molecule has 0 saturated heterocycles. The molecule has 0 unspecified atom stereocenters. The second kappa shape index (κ2) is 5.61. The summed E-state index contributed by atoms with van der Waals surface area (Å²) in [5.74, 6) is 0. The lowest BCUT2D eigenvalue weighted by atomic mass is 10.2. The highest BCUT2D eigenvalue weighted by Gasteiger charge is 2.07. The van der Waals surface area contributed by atoms with Crippen molar-refractivity contribution in [3.05, 3.63) is 48.0 Å². The summed E-state index contributed by atoms with van der Waals surface area (Å²) in [7, 11) is 0. The molecule has 0 radical (unpaired) electrons. The van der Waals surface area contributed by atoms with Gasteiger partial charge >= 0.3 is 0 Å². The fourth-order valence-corrected chi connectivity index (χ4v) is 3.19. The third-order valence-corrected chi connectivity index (χ3v) is 4.26. The Morgan fingerprint density at radius 2 is 1.95 bits per heavy atom. The Morgan fingerprint density at radius 1 is 1.15 bits per heavy atom. The van der Waals surface area contributed by atoms with Gasteiger partial charge < -0.3 is 10.4 Å². The molecule has 4 heteroatoms. The summed E-state index contributed by atoms with van der Waals surface area (Å²) in [6, 6.07) is 14.4. The van der Waals surface area contributed by atoms with Crippen LogP contribution in [0.3, 0.4) is 0 Å². The fraction of sp³-hybridized carbons (Fsp3) is 0.188. The number of fused-ring (bicyclic) bond motifs is 1. The lowest BCUT2D eigenvalue weighted by Gasteiger charge is -2.04. The van der Waals surface area contributed by atoms with Crippen LogP contribution in [0.15, 0.2) is 42.5 Å². The summed E-state index contributed by atoms with van der Waals surface area (Å²) < 4.78 is 1.22. The molecule has 1 heterocycles. The Kier molecular flexibility index (Phi) is 3.67. The van der Waals surface area contributed by atoms with E-state index >= 15 is 0 Å². The highest BCUT2D eigenvalue weighted by Crippen LogP contribution is 2.31. The van der Waals surface area contributed by atoms with Gasteiger partial charge in [0.25, 0.3) is 0 Å². The first-order valence-corrected chi connectivity index (χ1v) is 7.41. The monoisotopic (exact) mass is 284 g/mol. The highest BCUT2D eigenvalue weighted by atomic mass is 32.1. The van der Waals surface area contributed by atoms with Gasteiger partial charge in [-0.3, -0.25) is 0 Å². The molecule has 0 aliphatic heterocycles. The van der Waals surface area contributed by atoms with E-state index in [0.717, 1.165) is 21.8 Å². The number of rotatable bonds is 4. The van der Waals surface area contributed by atoms with Gasteiger partial charge in [0.05, 0.1) is 16.8 Å². The van der Waals surface area contributed by atoms with E-state index in [9.17, 15) is 0 Å². The van der Waals surface area contributed by atoms with Crippen molar-refractivity contribution in [3.8, 4) is 10.6 Å². The smallest absolute Gasteiger partial charge is 0.124 e. The highest BCUT2D eigenvalue weighted by molar-refractivity contribution is 7.21. The first kappa shape index (κ1) is 13.1. The largest absolute Gasteiger partial charge is 0.395 e. The van der Waals surface area contributed by atoms with E-state index in [2.05, 4.69) is 42.6 Å². The lowest BCUT2D eigenvalue weighted by molar-refractivity contribution is 0.311. The molecule has 0 spiro atoms. The average Bonchev–Trinajstić information content (AvgIpc) is 2.91. The second-order valence-corrected chi connectivity index (χ2v) is 5.70. The normalized spacial score (nSPS) is 10.9. The van der Waals surface area contributed by atoms with Crippen LogP contribution in [0.5, 0.6) is 0 Å². The third-order valence-electron chi connectivity index (χ3n) is 3.19. The Balaban J connectivity index is 1.92. The molecule has 0 saturated carbocycles. The topological polar surface area (TPSA) is 45.1 Å². The van der Waals surface area contributed by atoms with Crippen LogP contribution in [0.4, 0.5) is 5.69 Å². The molecule has 3 nitrogen and oxygen atoms in total. The van der Waals surface area contributed by atoms with Crippen molar-refractivity contribution in [3.63, 3.8) is 0 Å². The Hall–Kier alpha value is -1.91. The van der Waals surface area contributed by atoms with Crippen LogP contribution in [0.25, 0.3) is 20.8 Å². The molecule has 0 aliphatic rings. The van der Waals surface area contributed by atoms with Crippen LogP contribution < -0.4 is 5.32 Å². The molecule has 0 bridgehead atoms. The number of aryl methyl sites for hydroxylation is 1. The molecule has 2 aromatic carbocycles. The second-order valence-electron chi connectivity index (χ2n) is 4.67. The lowest BCUT2D eigenvalue weighted by Crippen LogP contribution is -2.04. The van der Waals surface area contributed by atoms with Crippen molar-refractivity contribution < 1.29 is 5.11 Å². The SMILES string of the molecule is Cc1cccc2sc(-c3ccc(NCCO)cc3)nc12. The van der Waals surface area contributed by atoms with E-state index in [0.29, 0.717) is 6.54 Å². The van der Waals surface area contributed by atoms with Crippen LogP contribution in [-0.4, -0.2) is 23.2 Å². The predicted octanol–water partition coefficient (Wildman–Crippen LogP) is 3.68. The van der Waals surface area contributed by atoms with Crippen LogP contribution in [0.1, 0.15) is 5.56 Å². The molecule has 1 aromatic heterocycles. The molecular weight excluding hydrogens is 268 g/mol. The van der Waals surface area contributed by atoms with Gasteiger partial charge in [-0.2, -0.15) is 0 Å². The summed E-state index contributed by atoms with van der Waals surface area (Å²) in [4.78, 5) is 4.73. The maximum atomic E-state index is 8.80. The Bertz CT molecular complexity index is 719. The van der Waals surface area contributed by atoms with Crippen molar-refractivity contribution in [1.82, 2.24) is 4.98 Å². The quantitative estimate of drug-likeness (QED) is 0.768. The molecule has 0 amide bonds. The van der Waals surface area contributed by atoms with E-state index in [4.69, 9.17) is 10.1 Å². The molecule has 20 heavy (non-hydrogen) atoms. The maximum Gasteiger partial charge on any atom is 0.124 e. The van der Waals surface area contributed by atoms with Gasteiger partial charge in [-0.15, -0.1) is 11.3 Å². The number of thiazole rings is 1. The van der Waals surface area contributed by atoms with Crippen molar-refractivity contribution >= 4 is 27.2 Å². The first-order chi connectivity index (χ1) is 9.78. The molecule has 3 rings (SSSR count). The minimum atomic E-state index is 0.138. The number of para-hydroxylation sites is 1. The van der Waals surface area contributed by atoms with Crippen LogP contribution >= 0.6 is 11.3 Å². The third kappa shape index (κ3) is 2.53. The zero-order valence-electron chi connectivity index (χ0n) is 11.3. The van der Waals surface area contributed by atoms with Gasteiger partial charge in [0.15, 0.2) is 0 Å². The van der Waals surface area contributed by atoms with Crippen LogP contribution in [0, 0.1) is 6.92 Å². The number of benzene rings is 2. The molecule has 0 fully saturated rings. The zero-order chi connectivity index (χ0) is 13.9. The number of hydrogen-bond donors (Lipinski definition) is 2. The number of aliphatic hydroxyl groups excluding tert-OH is 1. The predicted molar refractivity (Wildman–Crippen MR) is 85.4 cm³/mol. The summed E-state index contributed by atoms with van der Waals surface area (Å²) in [6.45, 7) is 2.80. The van der Waals surface area contributed by atoms with Gasteiger partial charge in [-0.1, -0.05) is 12.1 Å². The van der Waals surface area contributed by atoms with Crippen LogP contribution in [0.2, 0.25) is 0 Å². The number of aliphatic hydroxyl groups is 1. The number of nitrogens with one attached hydrogen (secondary N) is 1. The minimum absolute atomic E-state index is 0.138. The van der Waals surface area contributed by atoms with E-state index in [1.54, 1.807) is 11.3 Å². The molecule has 0 aliphatic carbocycles. The molecule has 0 atom stereocenters. The number of nitrogens with zero attached hydrogens (tertiary/aromatic N) is 1. The van der Waals surface area contributed by atoms with Crippen molar-refractivity contribution in [2.75, 3.05) is 18.5 Å². The Labute approximate surface area is 121 Å². The number of aromatic nitrogens is 1. The summed E-state index contributed by atoms with van der Waals surface area (Å²) >= 11 is 1.72. The van der Waals surface area contributed by atoms with E-state index in [1.807, 2.05) is 12.1 Å². The van der Waals surface area contributed by atoms with Crippen molar-refractivity contribution in [2.24, 2.45) is 0 Å². The number of hydrogen-bond acceptors (Lipinski definition) is 4. The standard InChI is InChI=1S/C16H16N2OS/c1-11-3-2-4-14-15(11)18-16(20-14)12-5-7-13(8-6-12)17-9-10-19/h2-8,17,19H,9-10H2,1H3. The minimum Gasteiger partial charge on any atom is -0.395 e. The summed E-state index contributed by atoms with van der Waals surface area (Å²) in [6.07, 6.45) is 0. The van der Waals surface area contributed by atoms with Gasteiger partial charge in [0, 0.05) is 17.8 Å². The van der Waals surface area contributed by atoms with E-state index in [1.165, 1.54) is 10.3 Å². The van der Waals surface area contributed by atoms with Crippen molar-refractivity contribution in [2.45, 2.75) is 6.92 Å². The maximum absolute atomic E-state index is 8.80. The average molecular weight is 284 g/mol. The van der Waals surface area contributed by atoms with Gasteiger partial charge in [0.1, 0.15) is 5.01 Å². The number of anilines is 1. The Morgan fingerprint density at radius 3 is 2.65 bits per heavy atom. The van der Waals surface area contributed by atoms with Crippen molar-refractivity contribution in [1.29, 1.82) is 0 Å². The van der Waals surface area contributed by atoms with Gasteiger partial charge in [-0.25, -0.2) is 4.98 Å². The van der Waals surface area contributed by atoms with E-state index in [-0.39, 0.29) is 6.61 Å². The van der Waals surface area contributed by atoms with E-state index < -0.39 is 0 Å². The van der Waals surface area contributed by atoms with Gasteiger partial charge in [-0.05, 0) is 42.8 Å². The first-order valence-electron chi connectivity index (χ1n) is 6.59. The van der Waals surface area contributed by atoms with Crippen LogP contribution in [-0.2, 0) is 0 Å². The molecular formula is C16H16N2OS. The molecule has 102 valence electrons. The fourth-order valence-electron chi connectivity index (χ4n) is 2.14. The zero-order valence-corrected chi connectivity index (χ0v) is 12.1.